The SMILES string of the molecule is O=C(Cc1ccccc1)N[C@@H]1C(=O)N2CC(Sc3snnc3CCl)(C(=O)O)CS[C@H]12. The molecule has 3 heterocycles. The summed E-state index contributed by atoms with van der Waals surface area (Å²) in [6.07, 6.45) is 0.191. The van der Waals surface area contributed by atoms with Crippen molar-refractivity contribution in [2.75, 3.05) is 12.3 Å². The predicted molar refractivity (Wildman–Crippen MR) is 116 cm³/mol. The van der Waals surface area contributed by atoms with Crippen molar-refractivity contribution in [2.24, 2.45) is 0 Å². The number of fused-ring (bicyclic) bond motifs is 1. The number of nitrogens with one attached hydrogen (secondary N) is 1. The fourth-order valence-corrected chi connectivity index (χ4v) is 7.54. The van der Waals surface area contributed by atoms with Crippen LogP contribution in [0.15, 0.2) is 34.5 Å². The highest BCUT2D eigenvalue weighted by Gasteiger charge is 2.58. The number of β-lactam (4-membered cyclic amide) rings is 1. The Bertz CT molecular complexity index is 975. The summed E-state index contributed by atoms with van der Waals surface area (Å²) in [6.45, 7) is 0.0498. The van der Waals surface area contributed by atoms with Gasteiger partial charge in [0.05, 0.1) is 12.3 Å². The summed E-state index contributed by atoms with van der Waals surface area (Å²) in [5.41, 5.74) is 1.41. The quantitative estimate of drug-likeness (QED) is 0.452. The topological polar surface area (TPSA) is 112 Å². The predicted octanol–water partition coefficient (Wildman–Crippen LogP) is 1.83. The van der Waals surface area contributed by atoms with Gasteiger partial charge in [0, 0.05) is 12.3 Å². The Morgan fingerprint density at radius 2 is 2.13 bits per heavy atom. The number of nitrogens with zero attached hydrogens (tertiary/aromatic N) is 3. The van der Waals surface area contributed by atoms with E-state index in [9.17, 15) is 19.5 Å². The molecule has 2 amide bonds. The van der Waals surface area contributed by atoms with Crippen LogP contribution >= 0.6 is 46.7 Å². The second-order valence-corrected chi connectivity index (χ2v) is 10.7. The lowest BCUT2D eigenvalue weighted by atomic mass is 10.0. The largest absolute Gasteiger partial charge is 0.480 e. The second kappa shape index (κ2) is 8.74. The standard InChI is InChI=1S/C18H17ClN4O4S3/c19-7-11-16(30-22-21-11)29-18(17(26)27)8-23-14(25)13(15(23)28-9-18)20-12(24)6-10-4-2-1-3-5-10/h1-5,13,15H,6-9H2,(H,20,24)(H,26,27)/t13-,15-,18?/m1/s1. The fourth-order valence-electron chi connectivity index (χ4n) is 3.33. The Kier molecular flexibility index (Phi) is 6.24. The Labute approximate surface area is 189 Å². The van der Waals surface area contributed by atoms with Gasteiger partial charge in [-0.25, -0.2) is 0 Å². The minimum absolute atomic E-state index is 0.0498. The highest BCUT2D eigenvalue weighted by atomic mass is 35.5. The van der Waals surface area contributed by atoms with Crippen LogP contribution < -0.4 is 5.32 Å². The van der Waals surface area contributed by atoms with Gasteiger partial charge in [0.25, 0.3) is 0 Å². The van der Waals surface area contributed by atoms with Gasteiger partial charge in [0.1, 0.15) is 26.1 Å². The van der Waals surface area contributed by atoms with Crippen LogP contribution in [-0.4, -0.2) is 65.8 Å². The summed E-state index contributed by atoms with van der Waals surface area (Å²) < 4.78 is 3.28. The van der Waals surface area contributed by atoms with Crippen molar-refractivity contribution >= 4 is 64.4 Å². The number of rotatable bonds is 7. The van der Waals surface area contributed by atoms with Crippen molar-refractivity contribution in [1.29, 1.82) is 0 Å². The van der Waals surface area contributed by atoms with Crippen LogP contribution in [0.5, 0.6) is 0 Å². The van der Waals surface area contributed by atoms with Crippen molar-refractivity contribution < 1.29 is 19.5 Å². The molecule has 1 aromatic heterocycles. The maximum Gasteiger partial charge on any atom is 0.322 e. The summed E-state index contributed by atoms with van der Waals surface area (Å²) in [4.78, 5) is 38.7. The number of carbonyl (C=O) groups is 3. The molecule has 0 bridgehead atoms. The zero-order valence-corrected chi connectivity index (χ0v) is 18.7. The smallest absolute Gasteiger partial charge is 0.322 e. The summed E-state index contributed by atoms with van der Waals surface area (Å²) in [5.74, 6) is -1.07. The van der Waals surface area contributed by atoms with E-state index in [2.05, 4.69) is 14.9 Å². The summed E-state index contributed by atoms with van der Waals surface area (Å²) in [7, 11) is 0. The number of aliphatic carboxylic acids is 1. The van der Waals surface area contributed by atoms with Gasteiger partial charge >= 0.3 is 5.97 Å². The van der Waals surface area contributed by atoms with Crippen LogP contribution in [0.2, 0.25) is 0 Å². The van der Waals surface area contributed by atoms with E-state index in [1.165, 1.54) is 16.7 Å². The third-order valence-electron chi connectivity index (χ3n) is 4.90. The van der Waals surface area contributed by atoms with Crippen LogP contribution in [0.3, 0.4) is 0 Å². The van der Waals surface area contributed by atoms with Crippen molar-refractivity contribution in [3.8, 4) is 0 Å². The first-order valence-corrected chi connectivity index (χ1v) is 12.2. The number of hydrogen-bond acceptors (Lipinski definition) is 8. The van der Waals surface area contributed by atoms with E-state index >= 15 is 0 Å². The molecule has 0 spiro atoms. The molecule has 0 radical (unpaired) electrons. The van der Waals surface area contributed by atoms with E-state index in [0.717, 1.165) is 28.9 Å². The first-order chi connectivity index (χ1) is 14.4. The molecule has 2 fully saturated rings. The Hall–Kier alpha value is -1.82. The van der Waals surface area contributed by atoms with Crippen molar-refractivity contribution in [3.63, 3.8) is 0 Å². The van der Waals surface area contributed by atoms with E-state index in [-0.39, 0.29) is 41.8 Å². The van der Waals surface area contributed by atoms with Crippen LogP contribution in [0.25, 0.3) is 0 Å². The lowest BCUT2D eigenvalue weighted by Crippen LogP contribution is -2.74. The number of halogens is 1. The molecule has 8 nitrogen and oxygen atoms in total. The van der Waals surface area contributed by atoms with Gasteiger partial charge in [-0.1, -0.05) is 46.6 Å². The molecule has 30 heavy (non-hydrogen) atoms. The lowest BCUT2D eigenvalue weighted by molar-refractivity contribution is -0.152. The zero-order chi connectivity index (χ0) is 21.3. The van der Waals surface area contributed by atoms with Gasteiger partial charge in [-0.15, -0.1) is 28.5 Å². The van der Waals surface area contributed by atoms with E-state index in [4.69, 9.17) is 11.6 Å². The molecule has 158 valence electrons. The maximum absolute atomic E-state index is 12.7. The first-order valence-electron chi connectivity index (χ1n) is 8.98. The molecule has 2 N–H and O–H groups in total. The number of carboxylic acid groups (broad SMARTS) is 1. The zero-order valence-electron chi connectivity index (χ0n) is 15.5. The Morgan fingerprint density at radius 3 is 2.83 bits per heavy atom. The van der Waals surface area contributed by atoms with Crippen molar-refractivity contribution in [1.82, 2.24) is 19.8 Å². The Balaban J connectivity index is 1.42. The number of amides is 2. The Morgan fingerprint density at radius 1 is 1.37 bits per heavy atom. The molecule has 1 unspecified atom stereocenters. The molecule has 1 aromatic carbocycles. The summed E-state index contributed by atoms with van der Waals surface area (Å²) in [6, 6.07) is 8.66. The minimum Gasteiger partial charge on any atom is -0.480 e. The van der Waals surface area contributed by atoms with Gasteiger partial charge in [0.2, 0.25) is 11.8 Å². The molecule has 12 heteroatoms. The second-order valence-electron chi connectivity index (χ2n) is 6.92. The van der Waals surface area contributed by atoms with Crippen LogP contribution in [-0.2, 0) is 26.7 Å². The fraction of sp³-hybridized carbons (Fsp3) is 0.389. The molecule has 2 aliphatic rings. The molecule has 2 saturated heterocycles. The molecule has 2 aliphatic heterocycles. The van der Waals surface area contributed by atoms with Gasteiger partial charge in [-0.3, -0.25) is 14.4 Å². The number of benzene rings is 1. The molecule has 0 aliphatic carbocycles. The normalized spacial score (nSPS) is 25.4. The minimum atomic E-state index is -1.22. The van der Waals surface area contributed by atoms with Crippen molar-refractivity contribution in [3.05, 3.63) is 41.6 Å². The molecular weight excluding hydrogens is 468 g/mol. The van der Waals surface area contributed by atoms with Crippen molar-refractivity contribution in [2.45, 2.75) is 32.7 Å². The lowest BCUT2D eigenvalue weighted by Gasteiger charge is -2.53. The maximum atomic E-state index is 12.7. The van der Waals surface area contributed by atoms with Crippen LogP contribution in [0.4, 0.5) is 0 Å². The van der Waals surface area contributed by atoms with Gasteiger partial charge < -0.3 is 15.3 Å². The van der Waals surface area contributed by atoms with Crippen LogP contribution in [0.1, 0.15) is 11.3 Å². The monoisotopic (exact) mass is 484 g/mol. The van der Waals surface area contributed by atoms with Gasteiger partial charge in [0.15, 0.2) is 0 Å². The molecular formula is C18H17ClN4O4S3. The molecule has 2 aromatic rings. The number of carboxylic acids is 1. The molecule has 0 saturated carbocycles. The number of alkyl halides is 1. The molecule has 3 atom stereocenters. The average molecular weight is 485 g/mol. The van der Waals surface area contributed by atoms with Crippen LogP contribution in [0, 0.1) is 0 Å². The van der Waals surface area contributed by atoms with E-state index in [0.29, 0.717) is 9.90 Å². The third kappa shape index (κ3) is 4.03. The summed E-state index contributed by atoms with van der Waals surface area (Å²) in [5, 5.41) is 16.4. The number of carbonyl (C=O) groups excluding carboxylic acids is 2. The van der Waals surface area contributed by atoms with Gasteiger partial charge in [-0.05, 0) is 17.1 Å². The highest BCUT2D eigenvalue weighted by molar-refractivity contribution is 8.06. The number of aromatic nitrogens is 2. The average Bonchev–Trinajstić information content (AvgIpc) is 3.19. The third-order valence-corrected chi connectivity index (χ3v) is 9.17. The number of thioether (sulfide) groups is 2. The summed E-state index contributed by atoms with van der Waals surface area (Å²) >= 11 is 9.47. The van der Waals surface area contributed by atoms with E-state index in [1.807, 2.05) is 30.3 Å². The van der Waals surface area contributed by atoms with Gasteiger partial charge in [-0.2, -0.15) is 0 Å². The number of hydrogen-bond donors (Lipinski definition) is 2. The van der Waals surface area contributed by atoms with E-state index < -0.39 is 16.8 Å². The molecule has 4 rings (SSSR count). The highest BCUT2D eigenvalue weighted by Crippen LogP contribution is 2.47. The first kappa shape index (κ1) is 21.4. The van der Waals surface area contributed by atoms with E-state index in [1.54, 1.807) is 0 Å².